The van der Waals surface area contributed by atoms with Gasteiger partial charge in [0, 0.05) is 6.61 Å². The molecule has 0 fully saturated rings. The Hall–Kier alpha value is -0.840. The lowest BCUT2D eigenvalue weighted by Gasteiger charge is -2.17. The molecule has 1 N–H and O–H groups in total. The highest BCUT2D eigenvalue weighted by Gasteiger charge is 2.09. The fourth-order valence-corrected chi connectivity index (χ4v) is 1.48. The molecule has 0 aliphatic heterocycles. The monoisotopic (exact) mass is 259 g/mol. The molecule has 1 rings (SSSR count). The maximum Gasteiger partial charge on any atom is 0.264 e. The van der Waals surface area contributed by atoms with E-state index in [1.165, 1.54) is 0 Å². The first kappa shape index (κ1) is 13.2. The molecule has 3 nitrogen and oxygen atoms in total. The van der Waals surface area contributed by atoms with Crippen molar-refractivity contribution in [3.63, 3.8) is 0 Å². The van der Waals surface area contributed by atoms with Gasteiger partial charge in [-0.05, 0) is 31.3 Å². The molecule has 0 aromatic heterocycles. The van der Waals surface area contributed by atoms with E-state index in [1.807, 2.05) is 37.3 Å². The zero-order valence-corrected chi connectivity index (χ0v) is 10.6. The van der Waals surface area contributed by atoms with Crippen molar-refractivity contribution in [3.05, 3.63) is 30.3 Å². The van der Waals surface area contributed by atoms with Crippen molar-refractivity contribution in [2.24, 2.45) is 0 Å². The van der Waals surface area contributed by atoms with Crippen molar-refractivity contribution >= 4 is 29.0 Å². The highest BCUT2D eigenvalue weighted by molar-refractivity contribution is 7.80. The smallest absolute Gasteiger partial charge is 0.264 e. The predicted molar refractivity (Wildman–Crippen MR) is 68.9 cm³/mol. The third-order valence-electron chi connectivity index (χ3n) is 1.74. The van der Waals surface area contributed by atoms with Crippen LogP contribution in [0, 0.1) is 0 Å². The summed E-state index contributed by atoms with van der Waals surface area (Å²) in [5.41, 5.74) is 0. The third-order valence-corrected chi connectivity index (χ3v) is 2.22. The van der Waals surface area contributed by atoms with Crippen LogP contribution in [0.1, 0.15) is 6.92 Å². The topological polar surface area (TPSA) is 30.5 Å². The molecule has 0 bridgehead atoms. The Morgan fingerprint density at radius 1 is 1.44 bits per heavy atom. The highest BCUT2D eigenvalue weighted by Crippen LogP contribution is 2.08. The molecular formula is C11H14ClNO2S. The van der Waals surface area contributed by atoms with Gasteiger partial charge in [0.15, 0.2) is 0 Å². The summed E-state index contributed by atoms with van der Waals surface area (Å²) < 4.78 is 10.7. The Labute approximate surface area is 106 Å². The van der Waals surface area contributed by atoms with Crippen molar-refractivity contribution in [2.75, 3.05) is 12.5 Å². The van der Waals surface area contributed by atoms with Gasteiger partial charge < -0.3 is 14.8 Å². The van der Waals surface area contributed by atoms with Gasteiger partial charge in [-0.15, -0.1) is 11.6 Å². The molecule has 1 atom stereocenters. The second kappa shape index (κ2) is 7.44. The van der Waals surface area contributed by atoms with Crippen molar-refractivity contribution in [1.82, 2.24) is 5.32 Å². The summed E-state index contributed by atoms with van der Waals surface area (Å²) in [5, 5.41) is 3.13. The number of benzene rings is 1. The van der Waals surface area contributed by atoms with E-state index < -0.39 is 0 Å². The lowest BCUT2D eigenvalue weighted by atomic mass is 10.3. The average molecular weight is 260 g/mol. The molecule has 0 spiro atoms. The van der Waals surface area contributed by atoms with Crippen molar-refractivity contribution < 1.29 is 9.47 Å². The Morgan fingerprint density at radius 2 is 2.12 bits per heavy atom. The van der Waals surface area contributed by atoms with E-state index in [-0.39, 0.29) is 11.4 Å². The molecule has 5 heteroatoms. The van der Waals surface area contributed by atoms with Crippen LogP contribution in [0.15, 0.2) is 30.3 Å². The molecule has 0 heterocycles. The van der Waals surface area contributed by atoms with Crippen molar-refractivity contribution in [2.45, 2.75) is 13.2 Å². The fourth-order valence-electron chi connectivity index (χ4n) is 1.08. The standard InChI is InChI=1S/C11H14ClNO2S/c1-2-14-10(8-12)13-11(16)15-9-6-4-3-5-7-9/h3-7,10H,2,8H2,1H3,(H,13,16). The van der Waals surface area contributed by atoms with Crippen LogP contribution in [0.3, 0.4) is 0 Å². The summed E-state index contributed by atoms with van der Waals surface area (Å²) in [6, 6.07) is 9.30. The van der Waals surface area contributed by atoms with Gasteiger partial charge in [-0.25, -0.2) is 0 Å². The number of rotatable bonds is 5. The maximum absolute atomic E-state index is 5.69. The van der Waals surface area contributed by atoms with E-state index in [0.717, 1.165) is 0 Å². The molecule has 1 aromatic rings. The minimum Gasteiger partial charge on any atom is -0.432 e. The molecule has 1 aromatic carbocycles. The van der Waals surface area contributed by atoms with Gasteiger partial charge in [0.1, 0.15) is 12.0 Å². The highest BCUT2D eigenvalue weighted by atomic mass is 35.5. The molecule has 88 valence electrons. The van der Waals surface area contributed by atoms with Crippen LogP contribution >= 0.6 is 23.8 Å². The van der Waals surface area contributed by atoms with Crippen LogP contribution in [0.5, 0.6) is 5.75 Å². The molecule has 0 aliphatic carbocycles. The van der Waals surface area contributed by atoms with Gasteiger partial charge >= 0.3 is 0 Å². The van der Waals surface area contributed by atoms with Gasteiger partial charge in [0.05, 0.1) is 5.88 Å². The zero-order chi connectivity index (χ0) is 11.8. The van der Waals surface area contributed by atoms with Gasteiger partial charge in [0.25, 0.3) is 5.17 Å². The van der Waals surface area contributed by atoms with E-state index in [2.05, 4.69) is 5.32 Å². The Balaban J connectivity index is 2.41. The molecule has 0 amide bonds. The van der Waals surface area contributed by atoms with Gasteiger partial charge in [-0.1, -0.05) is 18.2 Å². The average Bonchev–Trinajstić information content (AvgIpc) is 2.29. The van der Waals surface area contributed by atoms with Gasteiger partial charge in [-0.2, -0.15) is 0 Å². The largest absolute Gasteiger partial charge is 0.432 e. The minimum atomic E-state index is -0.317. The molecule has 16 heavy (non-hydrogen) atoms. The molecular weight excluding hydrogens is 246 g/mol. The van der Waals surface area contributed by atoms with Crippen LogP contribution in [0.25, 0.3) is 0 Å². The number of hydrogen-bond donors (Lipinski definition) is 1. The quantitative estimate of drug-likeness (QED) is 0.500. The lowest BCUT2D eigenvalue weighted by Crippen LogP contribution is -2.39. The molecule has 0 aliphatic rings. The second-order valence-corrected chi connectivity index (χ2v) is 3.62. The van der Waals surface area contributed by atoms with E-state index in [0.29, 0.717) is 18.2 Å². The van der Waals surface area contributed by atoms with E-state index in [4.69, 9.17) is 33.3 Å². The summed E-state index contributed by atoms with van der Waals surface area (Å²) in [7, 11) is 0. The Bertz CT molecular complexity index is 321. The summed E-state index contributed by atoms with van der Waals surface area (Å²) in [6.45, 7) is 2.46. The van der Waals surface area contributed by atoms with Gasteiger partial charge in [0.2, 0.25) is 0 Å². The first-order chi connectivity index (χ1) is 7.76. The summed E-state index contributed by atoms with van der Waals surface area (Å²) in [4.78, 5) is 0. The number of hydrogen-bond acceptors (Lipinski definition) is 3. The first-order valence-corrected chi connectivity index (χ1v) is 5.91. The minimum absolute atomic E-state index is 0.255. The molecule has 1 unspecified atom stereocenters. The molecule has 0 saturated carbocycles. The SMILES string of the molecule is CCOC(CCl)NC(=S)Oc1ccccc1. The second-order valence-electron chi connectivity index (χ2n) is 2.95. The predicted octanol–water partition coefficient (Wildman–Crippen LogP) is 2.54. The Kier molecular flexibility index (Phi) is 6.15. The molecule has 0 saturated heterocycles. The van der Waals surface area contributed by atoms with E-state index in [1.54, 1.807) is 0 Å². The lowest BCUT2D eigenvalue weighted by molar-refractivity contribution is 0.0663. The maximum atomic E-state index is 5.69. The number of para-hydroxylation sites is 1. The first-order valence-electron chi connectivity index (χ1n) is 4.97. The van der Waals surface area contributed by atoms with Crippen molar-refractivity contribution in [3.8, 4) is 5.75 Å². The van der Waals surface area contributed by atoms with Crippen LogP contribution in [0.4, 0.5) is 0 Å². The number of alkyl halides is 1. The normalized spacial score (nSPS) is 11.9. The zero-order valence-electron chi connectivity index (χ0n) is 8.98. The summed E-state index contributed by atoms with van der Waals surface area (Å²) >= 11 is 10.7. The van der Waals surface area contributed by atoms with Crippen molar-refractivity contribution in [1.29, 1.82) is 0 Å². The number of thiocarbonyl (C=S) groups is 1. The van der Waals surface area contributed by atoms with Crippen LogP contribution < -0.4 is 10.1 Å². The Morgan fingerprint density at radius 3 is 2.69 bits per heavy atom. The summed E-state index contributed by atoms with van der Waals surface area (Å²) in [5.74, 6) is 0.997. The number of nitrogens with one attached hydrogen (secondary N) is 1. The van der Waals surface area contributed by atoms with Gasteiger partial charge in [-0.3, -0.25) is 0 Å². The fraction of sp³-hybridized carbons (Fsp3) is 0.364. The summed E-state index contributed by atoms with van der Waals surface area (Å²) in [6.07, 6.45) is -0.317. The van der Waals surface area contributed by atoms with E-state index >= 15 is 0 Å². The van der Waals surface area contributed by atoms with Crippen LogP contribution in [0.2, 0.25) is 0 Å². The number of ether oxygens (including phenoxy) is 2. The third kappa shape index (κ3) is 4.79. The van der Waals surface area contributed by atoms with Crippen LogP contribution in [-0.2, 0) is 4.74 Å². The van der Waals surface area contributed by atoms with E-state index in [9.17, 15) is 0 Å². The number of halogens is 1. The van der Waals surface area contributed by atoms with Crippen LogP contribution in [-0.4, -0.2) is 23.9 Å². The molecule has 0 radical (unpaired) electrons.